The van der Waals surface area contributed by atoms with Crippen LogP contribution in [0, 0.1) is 6.92 Å². The van der Waals surface area contributed by atoms with Crippen LogP contribution in [0.4, 0.5) is 0 Å². The Morgan fingerprint density at radius 3 is 2.81 bits per heavy atom. The molecule has 7 nitrogen and oxygen atoms in total. The lowest BCUT2D eigenvalue weighted by molar-refractivity contribution is 0.0793. The minimum absolute atomic E-state index is 0.158. The molecule has 7 heteroatoms. The van der Waals surface area contributed by atoms with Crippen molar-refractivity contribution in [2.24, 2.45) is 0 Å². The quantitative estimate of drug-likeness (QED) is 0.610. The maximum absolute atomic E-state index is 13.4. The summed E-state index contributed by atoms with van der Waals surface area (Å²) in [6.07, 6.45) is 5.32. The van der Waals surface area contributed by atoms with E-state index in [1.165, 1.54) is 11.1 Å². The molecule has 31 heavy (non-hydrogen) atoms. The van der Waals surface area contributed by atoms with Crippen LogP contribution in [-0.2, 0) is 19.3 Å². The average molecular weight is 421 g/mol. The number of hydrogen-bond donors (Lipinski definition) is 0. The number of likely N-dealkylation sites (N-methyl/N-ethyl adjacent to an activating group) is 1. The van der Waals surface area contributed by atoms with Crippen LogP contribution in [0.1, 0.15) is 64.9 Å². The zero-order valence-corrected chi connectivity index (χ0v) is 18.5. The van der Waals surface area contributed by atoms with Crippen LogP contribution in [0.2, 0.25) is 0 Å². The van der Waals surface area contributed by atoms with Crippen molar-refractivity contribution in [2.45, 2.75) is 52.4 Å². The van der Waals surface area contributed by atoms with Gasteiger partial charge in [-0.2, -0.15) is 4.98 Å². The zero-order valence-electron chi connectivity index (χ0n) is 18.5. The second-order valence-electron chi connectivity index (χ2n) is 8.50. The topological polar surface area (TPSA) is 81.2 Å². The number of aromatic nitrogens is 3. The molecule has 0 spiro atoms. The summed E-state index contributed by atoms with van der Waals surface area (Å²) in [6, 6.07) is 7.90. The van der Waals surface area contributed by atoms with Crippen LogP contribution in [0.15, 0.2) is 39.8 Å². The van der Waals surface area contributed by atoms with Gasteiger partial charge in [0.1, 0.15) is 5.56 Å². The number of hydrogen-bond acceptors (Lipinski definition) is 5. The van der Waals surface area contributed by atoms with Gasteiger partial charge in [0.2, 0.25) is 5.89 Å². The second-order valence-corrected chi connectivity index (χ2v) is 8.50. The van der Waals surface area contributed by atoms with Crippen molar-refractivity contribution in [1.29, 1.82) is 0 Å². The number of carbonyl (C=O) groups excluding carboxylic acids is 1. The Morgan fingerprint density at radius 2 is 2.06 bits per heavy atom. The average Bonchev–Trinajstić information content (AvgIpc) is 3.41. The van der Waals surface area contributed by atoms with Crippen molar-refractivity contribution in [1.82, 2.24) is 19.6 Å². The minimum atomic E-state index is -0.294. The van der Waals surface area contributed by atoms with Crippen molar-refractivity contribution in [3.8, 4) is 5.69 Å². The first kappa shape index (κ1) is 21.0. The summed E-state index contributed by atoms with van der Waals surface area (Å²) >= 11 is 0. The number of pyridine rings is 1. The van der Waals surface area contributed by atoms with Crippen LogP contribution in [-0.4, -0.2) is 39.1 Å². The molecule has 0 saturated carbocycles. The van der Waals surface area contributed by atoms with Gasteiger partial charge in [0.15, 0.2) is 5.82 Å². The first-order valence-electron chi connectivity index (χ1n) is 10.8. The standard InChI is InChI=1S/C24H28N4O3/c1-15(2)22-25-20(26-31-22)12-13-27(4)23(29)21-16(3)11-14-28(24(21)30)19-10-6-8-17-7-5-9-18(17)19/h6,8,10-11,14-15H,5,7,9,12-13H2,1-4H3. The van der Waals surface area contributed by atoms with E-state index in [1.54, 1.807) is 29.6 Å². The molecule has 162 valence electrons. The predicted molar refractivity (Wildman–Crippen MR) is 118 cm³/mol. The summed E-state index contributed by atoms with van der Waals surface area (Å²) in [6.45, 7) is 6.16. The Kier molecular flexibility index (Phi) is 5.76. The Bertz CT molecular complexity index is 1180. The van der Waals surface area contributed by atoms with E-state index in [1.807, 2.05) is 32.0 Å². The van der Waals surface area contributed by atoms with E-state index < -0.39 is 0 Å². The number of carbonyl (C=O) groups is 1. The van der Waals surface area contributed by atoms with Gasteiger partial charge in [-0.3, -0.25) is 14.2 Å². The molecule has 0 unspecified atom stereocenters. The van der Waals surface area contributed by atoms with E-state index >= 15 is 0 Å². The van der Waals surface area contributed by atoms with Crippen molar-refractivity contribution in [2.75, 3.05) is 13.6 Å². The molecule has 1 aliphatic rings. The van der Waals surface area contributed by atoms with Crippen molar-refractivity contribution >= 4 is 5.91 Å². The Labute approximate surface area is 181 Å². The van der Waals surface area contributed by atoms with E-state index in [9.17, 15) is 9.59 Å². The molecule has 0 aliphatic heterocycles. The summed E-state index contributed by atoms with van der Waals surface area (Å²) in [4.78, 5) is 32.5. The normalized spacial score (nSPS) is 12.9. The molecule has 0 N–H and O–H groups in total. The molecule has 0 radical (unpaired) electrons. The summed E-state index contributed by atoms with van der Waals surface area (Å²) in [5.41, 5.74) is 3.97. The highest BCUT2D eigenvalue weighted by atomic mass is 16.5. The third-order valence-corrected chi connectivity index (χ3v) is 5.89. The fourth-order valence-electron chi connectivity index (χ4n) is 4.07. The molecule has 1 aliphatic carbocycles. The van der Waals surface area contributed by atoms with Crippen LogP contribution in [0.25, 0.3) is 5.69 Å². The number of amides is 1. The summed E-state index contributed by atoms with van der Waals surface area (Å²) in [7, 11) is 1.70. The summed E-state index contributed by atoms with van der Waals surface area (Å²) in [5, 5.41) is 3.97. The van der Waals surface area contributed by atoms with Crippen LogP contribution < -0.4 is 5.56 Å². The van der Waals surface area contributed by atoms with Gasteiger partial charge in [-0.25, -0.2) is 0 Å². The van der Waals surface area contributed by atoms with Gasteiger partial charge >= 0.3 is 0 Å². The SMILES string of the molecule is Cc1ccn(-c2cccc3c2CCC3)c(=O)c1C(=O)N(C)CCc1noc(C(C)C)n1. The van der Waals surface area contributed by atoms with E-state index in [4.69, 9.17) is 4.52 Å². The molecular formula is C24H28N4O3. The lowest BCUT2D eigenvalue weighted by Crippen LogP contribution is -2.36. The fourth-order valence-corrected chi connectivity index (χ4v) is 4.07. The summed E-state index contributed by atoms with van der Waals surface area (Å²) in [5.74, 6) is 1.01. The predicted octanol–water partition coefficient (Wildman–Crippen LogP) is 3.46. The molecule has 0 bridgehead atoms. The van der Waals surface area contributed by atoms with Gasteiger partial charge in [-0.05, 0) is 55.0 Å². The smallest absolute Gasteiger partial charge is 0.268 e. The molecule has 1 aromatic carbocycles. The number of fused-ring (bicyclic) bond motifs is 1. The van der Waals surface area contributed by atoms with Crippen LogP contribution in [0.5, 0.6) is 0 Å². The minimum Gasteiger partial charge on any atom is -0.341 e. The third kappa shape index (κ3) is 4.04. The van der Waals surface area contributed by atoms with Gasteiger partial charge in [-0.15, -0.1) is 0 Å². The molecule has 2 aromatic heterocycles. The van der Waals surface area contributed by atoms with Gasteiger partial charge in [0.25, 0.3) is 11.5 Å². The van der Waals surface area contributed by atoms with Gasteiger partial charge in [0.05, 0.1) is 5.69 Å². The maximum Gasteiger partial charge on any atom is 0.268 e. The largest absolute Gasteiger partial charge is 0.341 e. The highest BCUT2D eigenvalue weighted by Crippen LogP contribution is 2.27. The van der Waals surface area contributed by atoms with Crippen LogP contribution in [0.3, 0.4) is 0 Å². The molecule has 2 heterocycles. The molecule has 0 saturated heterocycles. The van der Waals surface area contributed by atoms with Crippen molar-refractivity contribution < 1.29 is 9.32 Å². The molecular weight excluding hydrogens is 392 g/mol. The maximum atomic E-state index is 13.4. The first-order chi connectivity index (χ1) is 14.9. The van der Waals surface area contributed by atoms with Crippen LogP contribution >= 0.6 is 0 Å². The van der Waals surface area contributed by atoms with Crippen molar-refractivity contribution in [3.63, 3.8) is 0 Å². The summed E-state index contributed by atoms with van der Waals surface area (Å²) < 4.78 is 6.84. The van der Waals surface area contributed by atoms with E-state index in [0.717, 1.165) is 24.9 Å². The lowest BCUT2D eigenvalue weighted by Gasteiger charge is -2.19. The van der Waals surface area contributed by atoms with Gasteiger partial charge < -0.3 is 9.42 Å². The van der Waals surface area contributed by atoms with Crippen molar-refractivity contribution in [3.05, 3.63) is 74.8 Å². The Hall–Kier alpha value is -3.22. The zero-order chi connectivity index (χ0) is 22.1. The number of aryl methyl sites for hydroxylation is 2. The van der Waals surface area contributed by atoms with Gasteiger partial charge in [0, 0.05) is 32.1 Å². The third-order valence-electron chi connectivity index (χ3n) is 5.89. The number of benzene rings is 1. The Morgan fingerprint density at radius 1 is 1.26 bits per heavy atom. The first-order valence-corrected chi connectivity index (χ1v) is 10.8. The van der Waals surface area contributed by atoms with E-state index in [-0.39, 0.29) is 22.9 Å². The molecule has 0 atom stereocenters. The fraction of sp³-hybridized carbons (Fsp3) is 0.417. The molecule has 1 amide bonds. The molecule has 0 fully saturated rings. The van der Waals surface area contributed by atoms with E-state index in [0.29, 0.717) is 30.2 Å². The monoisotopic (exact) mass is 420 g/mol. The lowest BCUT2D eigenvalue weighted by atomic mass is 10.1. The number of nitrogens with zero attached hydrogens (tertiary/aromatic N) is 4. The molecule has 4 rings (SSSR count). The molecule has 3 aromatic rings. The Balaban J connectivity index is 1.59. The highest BCUT2D eigenvalue weighted by molar-refractivity contribution is 5.95. The number of rotatable bonds is 6. The highest BCUT2D eigenvalue weighted by Gasteiger charge is 2.23. The van der Waals surface area contributed by atoms with E-state index in [2.05, 4.69) is 16.2 Å². The van der Waals surface area contributed by atoms with Gasteiger partial charge in [-0.1, -0.05) is 31.1 Å². The second kappa shape index (κ2) is 8.49.